The monoisotopic (exact) mass is 368 g/mol. The smallest absolute Gasteiger partial charge is 0.321 e. The summed E-state index contributed by atoms with van der Waals surface area (Å²) in [4.78, 5) is 16.3. The third-order valence-corrected chi connectivity index (χ3v) is 4.92. The Morgan fingerprint density at radius 1 is 1.12 bits per heavy atom. The van der Waals surface area contributed by atoms with Gasteiger partial charge in [-0.15, -0.1) is 0 Å². The largest absolute Gasteiger partial charge is 0.322 e. The molecular formula is C20H21ClN4O. The maximum atomic E-state index is 12.4. The van der Waals surface area contributed by atoms with Crippen LogP contribution in [0.5, 0.6) is 0 Å². The van der Waals surface area contributed by atoms with Gasteiger partial charge in [-0.05, 0) is 42.3 Å². The number of nitrogens with zero attached hydrogens (tertiary/aromatic N) is 3. The number of amides is 2. The lowest BCUT2D eigenvalue weighted by Gasteiger charge is -2.37. The number of hydrogen-bond donors (Lipinski definition) is 1. The summed E-state index contributed by atoms with van der Waals surface area (Å²) in [6, 6.07) is 17.0. The van der Waals surface area contributed by atoms with E-state index in [0.29, 0.717) is 31.2 Å². The molecule has 6 heteroatoms. The first-order valence-electron chi connectivity index (χ1n) is 8.59. The number of halogens is 1. The summed E-state index contributed by atoms with van der Waals surface area (Å²) in [5.41, 5.74) is 2.87. The minimum absolute atomic E-state index is 0.128. The highest BCUT2D eigenvalue weighted by Crippen LogP contribution is 2.24. The van der Waals surface area contributed by atoms with Crippen LogP contribution >= 0.6 is 11.6 Å². The number of nitrogens with one attached hydrogen (secondary N) is 1. The summed E-state index contributed by atoms with van der Waals surface area (Å²) in [7, 11) is 0. The number of anilines is 1. The molecule has 0 spiro atoms. The molecule has 1 aliphatic rings. The lowest BCUT2D eigenvalue weighted by molar-refractivity contribution is 0.131. The van der Waals surface area contributed by atoms with E-state index in [1.54, 1.807) is 29.2 Å². The van der Waals surface area contributed by atoms with Gasteiger partial charge in [-0.3, -0.25) is 4.90 Å². The predicted molar refractivity (Wildman–Crippen MR) is 103 cm³/mol. The Kier molecular flexibility index (Phi) is 5.77. The van der Waals surface area contributed by atoms with E-state index in [2.05, 4.69) is 16.3 Å². The van der Waals surface area contributed by atoms with Crippen LogP contribution < -0.4 is 5.32 Å². The lowest BCUT2D eigenvalue weighted by Crippen LogP contribution is -2.50. The summed E-state index contributed by atoms with van der Waals surface area (Å²) in [6.45, 7) is 4.53. The maximum Gasteiger partial charge on any atom is 0.321 e. The van der Waals surface area contributed by atoms with E-state index >= 15 is 0 Å². The van der Waals surface area contributed by atoms with E-state index in [0.717, 1.165) is 16.8 Å². The first kappa shape index (κ1) is 18.2. The molecule has 0 radical (unpaired) electrons. The van der Waals surface area contributed by atoms with Gasteiger partial charge in [0.05, 0.1) is 6.07 Å². The number of hydrogen-bond acceptors (Lipinski definition) is 3. The molecule has 26 heavy (non-hydrogen) atoms. The number of rotatable bonds is 3. The average Bonchev–Trinajstić information content (AvgIpc) is 2.66. The van der Waals surface area contributed by atoms with Crippen molar-refractivity contribution in [2.24, 2.45) is 0 Å². The van der Waals surface area contributed by atoms with Crippen LogP contribution in [-0.4, -0.2) is 42.0 Å². The van der Waals surface area contributed by atoms with Crippen LogP contribution in [0.4, 0.5) is 10.5 Å². The molecule has 1 aliphatic heterocycles. The molecule has 0 bridgehead atoms. The second-order valence-corrected chi connectivity index (χ2v) is 6.78. The molecule has 2 aromatic carbocycles. The average molecular weight is 369 g/mol. The molecule has 1 N–H and O–H groups in total. The minimum atomic E-state index is -0.280. The summed E-state index contributed by atoms with van der Waals surface area (Å²) in [6.07, 6.45) is 0. The number of carbonyl (C=O) groups is 1. The molecule has 1 unspecified atom stereocenters. The molecule has 0 aromatic heterocycles. The molecule has 1 fully saturated rings. The van der Waals surface area contributed by atoms with Crippen LogP contribution in [-0.2, 0) is 0 Å². The van der Waals surface area contributed by atoms with Gasteiger partial charge >= 0.3 is 6.03 Å². The lowest BCUT2D eigenvalue weighted by atomic mass is 10.0. The Bertz CT molecular complexity index is 807. The van der Waals surface area contributed by atoms with Crippen LogP contribution in [0.2, 0.25) is 5.02 Å². The number of carbonyl (C=O) groups excluding carboxylic acids is 1. The van der Waals surface area contributed by atoms with Crippen LogP contribution in [0.3, 0.4) is 0 Å². The Morgan fingerprint density at radius 3 is 2.38 bits per heavy atom. The second kappa shape index (κ2) is 8.22. The zero-order chi connectivity index (χ0) is 18.5. The van der Waals surface area contributed by atoms with Crippen molar-refractivity contribution in [3.8, 4) is 6.07 Å². The highest BCUT2D eigenvalue weighted by atomic mass is 35.5. The van der Waals surface area contributed by atoms with Crippen molar-refractivity contribution in [1.29, 1.82) is 5.26 Å². The van der Waals surface area contributed by atoms with Crippen molar-refractivity contribution < 1.29 is 4.79 Å². The third kappa shape index (κ3) is 4.16. The maximum absolute atomic E-state index is 12.4. The van der Waals surface area contributed by atoms with E-state index in [9.17, 15) is 10.1 Å². The first-order valence-corrected chi connectivity index (χ1v) is 8.97. The number of nitriles is 1. The fourth-order valence-corrected chi connectivity index (χ4v) is 3.29. The molecule has 2 aromatic rings. The molecule has 0 aliphatic carbocycles. The van der Waals surface area contributed by atoms with Gasteiger partial charge in [0.15, 0.2) is 0 Å². The normalized spacial score (nSPS) is 16.0. The van der Waals surface area contributed by atoms with E-state index in [-0.39, 0.29) is 12.1 Å². The highest BCUT2D eigenvalue weighted by molar-refractivity contribution is 6.30. The van der Waals surface area contributed by atoms with Gasteiger partial charge in [-0.2, -0.15) is 5.26 Å². The Labute approximate surface area is 158 Å². The minimum Gasteiger partial charge on any atom is -0.322 e. The predicted octanol–water partition coefficient (Wildman–Crippen LogP) is 4.06. The zero-order valence-electron chi connectivity index (χ0n) is 14.7. The van der Waals surface area contributed by atoms with Crippen LogP contribution in [0.15, 0.2) is 48.5 Å². The van der Waals surface area contributed by atoms with Gasteiger partial charge in [0.1, 0.15) is 6.04 Å². The summed E-state index contributed by atoms with van der Waals surface area (Å²) in [5, 5.41) is 13.2. The van der Waals surface area contributed by atoms with Crippen LogP contribution in [0, 0.1) is 18.3 Å². The van der Waals surface area contributed by atoms with Gasteiger partial charge in [0.2, 0.25) is 0 Å². The van der Waals surface area contributed by atoms with Crippen molar-refractivity contribution in [1.82, 2.24) is 9.80 Å². The standard InChI is InChI=1S/C20H21ClN4O/c1-15-4-2-3-5-18(15)19(14-22)24-10-12-25(13-11-24)20(26)23-17-8-6-16(21)7-9-17/h2-9,19H,10-13H2,1H3,(H,23,26). The Hall–Kier alpha value is -2.55. The topological polar surface area (TPSA) is 59.4 Å². The molecule has 2 amide bonds. The third-order valence-electron chi connectivity index (χ3n) is 4.67. The van der Waals surface area contributed by atoms with Gasteiger partial charge in [-0.25, -0.2) is 4.79 Å². The number of benzene rings is 2. The summed E-state index contributed by atoms with van der Waals surface area (Å²) >= 11 is 5.86. The number of piperazine rings is 1. The first-order chi connectivity index (χ1) is 12.6. The zero-order valence-corrected chi connectivity index (χ0v) is 15.4. The molecule has 1 saturated heterocycles. The van der Waals surface area contributed by atoms with Gasteiger partial charge in [0, 0.05) is 36.9 Å². The van der Waals surface area contributed by atoms with Gasteiger partial charge in [-0.1, -0.05) is 35.9 Å². The summed E-state index contributed by atoms with van der Waals surface area (Å²) in [5.74, 6) is 0. The van der Waals surface area contributed by atoms with Gasteiger partial charge < -0.3 is 10.2 Å². The van der Waals surface area contributed by atoms with Crippen molar-refractivity contribution in [3.63, 3.8) is 0 Å². The number of aryl methyl sites for hydroxylation is 1. The highest BCUT2D eigenvalue weighted by Gasteiger charge is 2.27. The molecule has 134 valence electrons. The molecule has 1 atom stereocenters. The molecular weight excluding hydrogens is 348 g/mol. The van der Waals surface area contributed by atoms with Crippen molar-refractivity contribution in [3.05, 3.63) is 64.7 Å². The molecule has 1 heterocycles. The van der Waals surface area contributed by atoms with E-state index in [1.165, 1.54) is 0 Å². The van der Waals surface area contributed by atoms with E-state index in [4.69, 9.17) is 11.6 Å². The molecule has 0 saturated carbocycles. The second-order valence-electron chi connectivity index (χ2n) is 6.35. The van der Waals surface area contributed by atoms with Crippen molar-refractivity contribution in [2.75, 3.05) is 31.5 Å². The molecule has 5 nitrogen and oxygen atoms in total. The fourth-order valence-electron chi connectivity index (χ4n) is 3.16. The van der Waals surface area contributed by atoms with Crippen LogP contribution in [0.25, 0.3) is 0 Å². The SMILES string of the molecule is Cc1ccccc1C(C#N)N1CCN(C(=O)Nc2ccc(Cl)cc2)CC1. The number of urea groups is 1. The molecule has 3 rings (SSSR count). The van der Waals surface area contributed by atoms with Crippen LogP contribution in [0.1, 0.15) is 17.2 Å². The quantitative estimate of drug-likeness (QED) is 0.888. The van der Waals surface area contributed by atoms with Crippen molar-refractivity contribution >= 4 is 23.3 Å². The fraction of sp³-hybridized carbons (Fsp3) is 0.300. The summed E-state index contributed by atoms with van der Waals surface area (Å²) < 4.78 is 0. The van der Waals surface area contributed by atoms with E-state index < -0.39 is 0 Å². The Balaban J connectivity index is 1.59. The van der Waals surface area contributed by atoms with E-state index in [1.807, 2.05) is 31.2 Å². The van der Waals surface area contributed by atoms with Gasteiger partial charge in [0.25, 0.3) is 0 Å². The van der Waals surface area contributed by atoms with Crippen molar-refractivity contribution in [2.45, 2.75) is 13.0 Å². The Morgan fingerprint density at radius 2 is 1.77 bits per heavy atom.